The van der Waals surface area contributed by atoms with Crippen molar-refractivity contribution in [2.24, 2.45) is 17.8 Å². The molecule has 2 aliphatic rings. The number of ether oxygens (including phenoxy) is 1. The van der Waals surface area contributed by atoms with Crippen molar-refractivity contribution >= 4 is 34.8 Å². The minimum atomic E-state index is -1.03. The van der Waals surface area contributed by atoms with E-state index in [9.17, 15) is 19.5 Å². The molecule has 7 nitrogen and oxygen atoms in total. The highest BCUT2D eigenvalue weighted by Crippen LogP contribution is 2.39. The van der Waals surface area contributed by atoms with Gasteiger partial charge in [-0.3, -0.25) is 9.59 Å². The van der Waals surface area contributed by atoms with Gasteiger partial charge >= 0.3 is 5.97 Å². The average Bonchev–Trinajstić information content (AvgIpc) is 3.23. The van der Waals surface area contributed by atoms with Crippen LogP contribution in [0.3, 0.4) is 0 Å². The maximum atomic E-state index is 13.8. The first-order valence-electron chi connectivity index (χ1n) is 12.0. The number of carboxylic acids is 1. The summed E-state index contributed by atoms with van der Waals surface area (Å²) in [7, 11) is 0. The van der Waals surface area contributed by atoms with Crippen molar-refractivity contribution in [3.05, 3.63) is 15.8 Å². The van der Waals surface area contributed by atoms with Gasteiger partial charge in [0.1, 0.15) is 4.88 Å². The number of rotatable bonds is 6. The molecule has 2 fully saturated rings. The molecule has 1 saturated carbocycles. The van der Waals surface area contributed by atoms with Gasteiger partial charge in [0.25, 0.3) is 0 Å². The summed E-state index contributed by atoms with van der Waals surface area (Å²) in [6, 6.07) is 1.85. The van der Waals surface area contributed by atoms with E-state index in [1.165, 1.54) is 11.3 Å². The quantitative estimate of drug-likeness (QED) is 0.655. The van der Waals surface area contributed by atoms with Crippen molar-refractivity contribution in [3.8, 4) is 0 Å². The Hall–Kier alpha value is -1.93. The normalized spacial score (nSPS) is 22.6. The zero-order valence-electron chi connectivity index (χ0n) is 20.6. The van der Waals surface area contributed by atoms with Gasteiger partial charge in [0, 0.05) is 30.4 Å². The fourth-order valence-electron chi connectivity index (χ4n) is 4.59. The number of carbonyl (C=O) groups excluding carboxylic acids is 2. The molecule has 1 aromatic rings. The third-order valence-electron chi connectivity index (χ3n) is 6.77. The van der Waals surface area contributed by atoms with Crippen molar-refractivity contribution in [2.45, 2.75) is 65.7 Å². The number of anilines is 1. The number of carbonyl (C=O) groups is 3. The van der Waals surface area contributed by atoms with E-state index in [2.05, 4.69) is 6.92 Å². The van der Waals surface area contributed by atoms with Gasteiger partial charge in [-0.2, -0.15) is 0 Å². The van der Waals surface area contributed by atoms with Gasteiger partial charge in [-0.05, 0) is 43.1 Å². The van der Waals surface area contributed by atoms with Gasteiger partial charge in [0.15, 0.2) is 0 Å². The molecule has 33 heavy (non-hydrogen) atoms. The Morgan fingerprint density at radius 3 is 2.33 bits per heavy atom. The minimum absolute atomic E-state index is 0.0171. The van der Waals surface area contributed by atoms with Gasteiger partial charge in [-0.1, -0.05) is 34.6 Å². The number of amides is 2. The molecule has 2 amide bonds. The van der Waals surface area contributed by atoms with Crippen molar-refractivity contribution in [3.63, 3.8) is 0 Å². The van der Waals surface area contributed by atoms with E-state index in [1.807, 2.05) is 33.8 Å². The number of hydrogen-bond donors (Lipinski definition) is 1. The van der Waals surface area contributed by atoms with Gasteiger partial charge in [-0.15, -0.1) is 11.3 Å². The third-order valence-corrected chi connectivity index (χ3v) is 8.31. The molecular weight excluding hydrogens is 440 g/mol. The van der Waals surface area contributed by atoms with Crippen LogP contribution < -0.4 is 4.90 Å². The van der Waals surface area contributed by atoms with Crippen molar-refractivity contribution in [1.82, 2.24) is 4.90 Å². The SMILES string of the molecule is CC1CCC(C(=O)N(CC(C)C(=O)N2CCOCC2)c2cc(C(C)(C)C)sc2C(=O)O)CC1. The molecule has 1 unspecified atom stereocenters. The summed E-state index contributed by atoms with van der Waals surface area (Å²) in [5.41, 5.74) is 0.194. The van der Waals surface area contributed by atoms with Crippen LogP contribution in [0, 0.1) is 17.8 Å². The van der Waals surface area contributed by atoms with E-state index in [0.717, 1.165) is 30.6 Å². The maximum Gasteiger partial charge on any atom is 0.348 e. The van der Waals surface area contributed by atoms with Crippen LogP contribution in [0.15, 0.2) is 6.07 Å². The molecule has 3 rings (SSSR count). The molecule has 0 radical (unpaired) electrons. The van der Waals surface area contributed by atoms with Gasteiger partial charge in [0.2, 0.25) is 11.8 Å². The van der Waals surface area contributed by atoms with Gasteiger partial charge in [0.05, 0.1) is 24.8 Å². The lowest BCUT2D eigenvalue weighted by molar-refractivity contribution is -0.138. The number of nitrogens with zero attached hydrogens (tertiary/aromatic N) is 2. The molecule has 1 saturated heterocycles. The second kappa shape index (κ2) is 10.6. The Morgan fingerprint density at radius 2 is 1.79 bits per heavy atom. The molecule has 8 heteroatoms. The monoisotopic (exact) mass is 478 g/mol. The van der Waals surface area contributed by atoms with Crippen LogP contribution >= 0.6 is 11.3 Å². The molecule has 1 aromatic heterocycles. The molecule has 184 valence electrons. The van der Waals surface area contributed by atoms with E-state index in [0.29, 0.717) is 37.9 Å². The Kier molecular flexibility index (Phi) is 8.22. The molecule has 2 heterocycles. The second-order valence-corrected chi connectivity index (χ2v) is 11.7. The van der Waals surface area contributed by atoms with Crippen LogP contribution in [0.2, 0.25) is 0 Å². The Morgan fingerprint density at radius 1 is 1.18 bits per heavy atom. The number of thiophene rings is 1. The van der Waals surface area contributed by atoms with E-state index < -0.39 is 11.9 Å². The molecule has 0 aromatic carbocycles. The summed E-state index contributed by atoms with van der Waals surface area (Å²) in [6.07, 6.45) is 3.60. The van der Waals surface area contributed by atoms with Gasteiger partial charge in [-0.25, -0.2) is 4.79 Å². The number of morpholine rings is 1. The minimum Gasteiger partial charge on any atom is -0.477 e. The molecular formula is C25H38N2O5S. The lowest BCUT2D eigenvalue weighted by Gasteiger charge is -2.34. The van der Waals surface area contributed by atoms with Crippen LogP contribution in [0.4, 0.5) is 5.69 Å². The predicted octanol–water partition coefficient (Wildman–Crippen LogP) is 4.40. The highest BCUT2D eigenvalue weighted by Gasteiger charge is 2.35. The molecule has 0 bridgehead atoms. The predicted molar refractivity (Wildman–Crippen MR) is 130 cm³/mol. The lowest BCUT2D eigenvalue weighted by Crippen LogP contribution is -2.48. The standard InChI is InChI=1S/C25H38N2O5S/c1-16-6-8-18(9-7-16)23(29)27(15-17(2)22(28)26-10-12-32-13-11-26)19-14-20(25(3,4)5)33-21(19)24(30)31/h14,16-18H,6-13,15H2,1-5H3,(H,30,31). The van der Waals surface area contributed by atoms with Crippen LogP contribution in [0.25, 0.3) is 0 Å². The smallest absolute Gasteiger partial charge is 0.348 e. The van der Waals surface area contributed by atoms with Crippen LogP contribution in [0.5, 0.6) is 0 Å². The van der Waals surface area contributed by atoms with Crippen LogP contribution in [0.1, 0.15) is 74.9 Å². The van der Waals surface area contributed by atoms with E-state index >= 15 is 0 Å². The van der Waals surface area contributed by atoms with Crippen molar-refractivity contribution in [2.75, 3.05) is 37.7 Å². The number of carboxylic acid groups (broad SMARTS) is 1. The summed E-state index contributed by atoms with van der Waals surface area (Å²) in [6.45, 7) is 12.5. The Labute approximate surface area is 201 Å². The summed E-state index contributed by atoms with van der Waals surface area (Å²) >= 11 is 1.23. The Bertz CT molecular complexity index is 861. The maximum absolute atomic E-state index is 13.8. The molecule has 1 aliphatic carbocycles. The Balaban J connectivity index is 1.93. The zero-order chi connectivity index (χ0) is 24.3. The first kappa shape index (κ1) is 25.7. The second-order valence-electron chi connectivity index (χ2n) is 10.6. The summed E-state index contributed by atoms with van der Waals surface area (Å²) in [5, 5.41) is 9.95. The lowest BCUT2D eigenvalue weighted by atomic mass is 9.82. The van der Waals surface area contributed by atoms with E-state index in [1.54, 1.807) is 9.80 Å². The number of aromatic carboxylic acids is 1. The highest BCUT2D eigenvalue weighted by molar-refractivity contribution is 7.14. The van der Waals surface area contributed by atoms with E-state index in [-0.39, 0.29) is 34.6 Å². The largest absolute Gasteiger partial charge is 0.477 e. The highest BCUT2D eigenvalue weighted by atomic mass is 32.1. The molecule has 1 aliphatic heterocycles. The van der Waals surface area contributed by atoms with Crippen LogP contribution in [-0.2, 0) is 19.7 Å². The van der Waals surface area contributed by atoms with Crippen molar-refractivity contribution in [1.29, 1.82) is 0 Å². The summed E-state index contributed by atoms with van der Waals surface area (Å²) < 4.78 is 5.36. The van der Waals surface area contributed by atoms with Crippen LogP contribution in [-0.4, -0.2) is 60.6 Å². The summed E-state index contributed by atoms with van der Waals surface area (Å²) in [4.78, 5) is 43.5. The van der Waals surface area contributed by atoms with Crippen molar-refractivity contribution < 1.29 is 24.2 Å². The molecule has 1 N–H and O–H groups in total. The molecule has 1 atom stereocenters. The third kappa shape index (κ3) is 6.15. The fourth-order valence-corrected chi connectivity index (χ4v) is 5.64. The number of hydrogen-bond acceptors (Lipinski definition) is 5. The molecule has 0 spiro atoms. The van der Waals surface area contributed by atoms with Gasteiger partial charge < -0.3 is 19.6 Å². The first-order valence-corrected chi connectivity index (χ1v) is 12.9. The topological polar surface area (TPSA) is 87.2 Å². The average molecular weight is 479 g/mol. The zero-order valence-corrected chi connectivity index (χ0v) is 21.4. The summed E-state index contributed by atoms with van der Waals surface area (Å²) in [5.74, 6) is -1.07. The van der Waals surface area contributed by atoms with E-state index in [4.69, 9.17) is 4.74 Å². The fraction of sp³-hybridized carbons (Fsp3) is 0.720. The first-order chi connectivity index (χ1) is 15.5.